The zero-order chi connectivity index (χ0) is 16.7. The van der Waals surface area contributed by atoms with Gasteiger partial charge in [0.1, 0.15) is 0 Å². The largest absolute Gasteiger partial charge is 0.487 e. The van der Waals surface area contributed by atoms with Crippen LogP contribution in [0, 0.1) is 10.1 Å². The fourth-order valence-corrected chi connectivity index (χ4v) is 3.03. The molecule has 1 aliphatic heterocycles. The molecule has 0 aliphatic carbocycles. The van der Waals surface area contributed by atoms with Gasteiger partial charge in [0.15, 0.2) is 5.75 Å². The Morgan fingerprint density at radius 3 is 2.91 bits per heavy atom. The fraction of sp³-hybridized carbons (Fsp3) is 0.588. The van der Waals surface area contributed by atoms with E-state index in [4.69, 9.17) is 4.74 Å². The van der Waals surface area contributed by atoms with Gasteiger partial charge in [-0.05, 0) is 38.2 Å². The van der Waals surface area contributed by atoms with E-state index >= 15 is 0 Å². The maximum absolute atomic E-state index is 12.3. The van der Waals surface area contributed by atoms with Gasteiger partial charge in [0.25, 0.3) is 0 Å². The maximum Gasteiger partial charge on any atom is 0.310 e. The van der Waals surface area contributed by atoms with E-state index in [1.165, 1.54) is 12.5 Å². The molecule has 0 saturated carbocycles. The predicted molar refractivity (Wildman–Crippen MR) is 87.5 cm³/mol. The van der Waals surface area contributed by atoms with Gasteiger partial charge in [-0.2, -0.15) is 0 Å². The second-order valence-electron chi connectivity index (χ2n) is 5.82. The van der Waals surface area contributed by atoms with Crippen LogP contribution in [0.2, 0.25) is 0 Å². The van der Waals surface area contributed by atoms with Gasteiger partial charge in [-0.25, -0.2) is 0 Å². The number of hydrogen-bond donors (Lipinski definition) is 0. The molecule has 6 nitrogen and oxygen atoms in total. The second-order valence-corrected chi connectivity index (χ2v) is 5.82. The topological polar surface area (TPSA) is 72.7 Å². The summed E-state index contributed by atoms with van der Waals surface area (Å²) in [5, 5.41) is 10.9. The van der Waals surface area contributed by atoms with Crippen molar-refractivity contribution in [3.8, 4) is 5.75 Å². The molecule has 1 atom stereocenters. The Bertz CT molecular complexity index is 547. The Labute approximate surface area is 136 Å². The summed E-state index contributed by atoms with van der Waals surface area (Å²) in [6, 6.07) is 6.67. The molecular weight excluding hydrogens is 296 g/mol. The average molecular weight is 320 g/mol. The van der Waals surface area contributed by atoms with Gasteiger partial charge >= 0.3 is 5.69 Å². The lowest BCUT2D eigenvalue weighted by Crippen LogP contribution is -2.43. The number of hydrogen-bond acceptors (Lipinski definition) is 4. The standard InChI is InChI=1S/C17H24N2O4/c1-2-14-8-5-6-12-18(14)17(20)11-7-13-23-16-10-4-3-9-15(16)19(21)22/h3-4,9-10,14H,2,5-8,11-13H2,1H3. The summed E-state index contributed by atoms with van der Waals surface area (Å²) in [7, 11) is 0. The lowest BCUT2D eigenvalue weighted by molar-refractivity contribution is -0.385. The minimum atomic E-state index is -0.458. The number of nitrogens with zero attached hydrogens (tertiary/aromatic N) is 2. The zero-order valence-corrected chi connectivity index (χ0v) is 13.6. The van der Waals surface area contributed by atoms with Gasteiger partial charge in [-0.15, -0.1) is 0 Å². The molecule has 1 unspecified atom stereocenters. The van der Waals surface area contributed by atoms with E-state index in [0.717, 1.165) is 25.8 Å². The van der Waals surface area contributed by atoms with Crippen LogP contribution >= 0.6 is 0 Å². The van der Waals surface area contributed by atoms with Crippen LogP contribution in [0.5, 0.6) is 5.75 Å². The summed E-state index contributed by atoms with van der Waals surface area (Å²) in [5.74, 6) is 0.428. The first kappa shape index (κ1) is 17.2. The molecule has 0 bridgehead atoms. The van der Waals surface area contributed by atoms with E-state index in [-0.39, 0.29) is 17.3 Å². The molecule has 1 amide bonds. The van der Waals surface area contributed by atoms with E-state index in [1.807, 2.05) is 4.90 Å². The summed E-state index contributed by atoms with van der Waals surface area (Å²) >= 11 is 0. The molecule has 0 radical (unpaired) electrons. The highest BCUT2D eigenvalue weighted by atomic mass is 16.6. The number of amides is 1. The first-order chi connectivity index (χ1) is 11.1. The summed E-state index contributed by atoms with van der Waals surface area (Å²) < 4.78 is 5.48. The van der Waals surface area contributed by atoms with Crippen molar-refractivity contribution in [3.63, 3.8) is 0 Å². The van der Waals surface area contributed by atoms with Crippen molar-refractivity contribution in [2.24, 2.45) is 0 Å². The van der Waals surface area contributed by atoms with Crippen LogP contribution in [0.4, 0.5) is 5.69 Å². The zero-order valence-electron chi connectivity index (χ0n) is 13.6. The van der Waals surface area contributed by atoms with Gasteiger partial charge in [0, 0.05) is 25.1 Å². The van der Waals surface area contributed by atoms with Crippen molar-refractivity contribution in [1.82, 2.24) is 4.90 Å². The number of nitro groups is 1. The first-order valence-electron chi connectivity index (χ1n) is 8.29. The van der Waals surface area contributed by atoms with Crippen LogP contribution < -0.4 is 4.74 Å². The molecule has 1 aromatic carbocycles. The highest BCUT2D eigenvalue weighted by molar-refractivity contribution is 5.76. The van der Waals surface area contributed by atoms with E-state index in [0.29, 0.717) is 25.5 Å². The monoisotopic (exact) mass is 320 g/mol. The van der Waals surface area contributed by atoms with E-state index < -0.39 is 4.92 Å². The number of piperidine rings is 1. The summed E-state index contributed by atoms with van der Waals surface area (Å²) in [4.78, 5) is 24.8. The van der Waals surface area contributed by atoms with Crippen molar-refractivity contribution in [2.45, 2.75) is 51.5 Å². The lowest BCUT2D eigenvalue weighted by atomic mass is 9.99. The van der Waals surface area contributed by atoms with Crippen LogP contribution in [-0.2, 0) is 4.79 Å². The van der Waals surface area contributed by atoms with Gasteiger partial charge in [0.05, 0.1) is 11.5 Å². The number of carbonyl (C=O) groups excluding carboxylic acids is 1. The molecule has 6 heteroatoms. The molecule has 126 valence electrons. The molecule has 1 fully saturated rings. The van der Waals surface area contributed by atoms with Crippen LogP contribution in [0.1, 0.15) is 45.4 Å². The molecule has 1 saturated heterocycles. The van der Waals surface area contributed by atoms with E-state index in [1.54, 1.807) is 18.2 Å². The Hall–Kier alpha value is -2.11. The predicted octanol–water partition coefficient (Wildman–Crippen LogP) is 3.54. The lowest BCUT2D eigenvalue weighted by Gasteiger charge is -2.35. The van der Waals surface area contributed by atoms with Crippen molar-refractivity contribution >= 4 is 11.6 Å². The SMILES string of the molecule is CCC1CCCCN1C(=O)CCCOc1ccccc1[N+](=O)[O-]. The van der Waals surface area contributed by atoms with Gasteiger partial charge in [-0.1, -0.05) is 19.1 Å². The molecule has 1 aromatic rings. The van der Waals surface area contributed by atoms with Crippen molar-refractivity contribution in [2.75, 3.05) is 13.2 Å². The highest BCUT2D eigenvalue weighted by Gasteiger charge is 2.24. The fourth-order valence-electron chi connectivity index (χ4n) is 3.03. The van der Waals surface area contributed by atoms with Crippen LogP contribution in [-0.4, -0.2) is 34.9 Å². The van der Waals surface area contributed by atoms with Crippen molar-refractivity contribution in [1.29, 1.82) is 0 Å². The Kier molecular flexibility index (Phi) is 6.38. The summed E-state index contributed by atoms with van der Waals surface area (Å²) in [5.41, 5.74) is -0.0408. The minimum Gasteiger partial charge on any atom is -0.487 e. The molecular formula is C17H24N2O4. The van der Waals surface area contributed by atoms with Crippen LogP contribution in [0.25, 0.3) is 0 Å². The number of ether oxygens (including phenoxy) is 1. The minimum absolute atomic E-state index is 0.0408. The van der Waals surface area contributed by atoms with E-state index in [9.17, 15) is 14.9 Å². The number of para-hydroxylation sites is 2. The Morgan fingerprint density at radius 2 is 2.17 bits per heavy atom. The summed E-state index contributed by atoms with van der Waals surface area (Å²) in [6.07, 6.45) is 5.36. The molecule has 0 N–H and O–H groups in total. The third kappa shape index (κ3) is 4.68. The normalized spacial score (nSPS) is 17.8. The number of benzene rings is 1. The molecule has 1 aliphatic rings. The van der Waals surface area contributed by atoms with Crippen molar-refractivity contribution in [3.05, 3.63) is 34.4 Å². The second kappa shape index (κ2) is 8.50. The van der Waals surface area contributed by atoms with Gasteiger partial charge < -0.3 is 9.64 Å². The third-order valence-electron chi connectivity index (χ3n) is 4.27. The van der Waals surface area contributed by atoms with Crippen molar-refractivity contribution < 1.29 is 14.5 Å². The first-order valence-corrected chi connectivity index (χ1v) is 8.29. The number of likely N-dealkylation sites (tertiary alicyclic amines) is 1. The van der Waals surface area contributed by atoms with Gasteiger partial charge in [-0.3, -0.25) is 14.9 Å². The molecule has 23 heavy (non-hydrogen) atoms. The average Bonchev–Trinajstić information content (AvgIpc) is 2.58. The Morgan fingerprint density at radius 1 is 1.39 bits per heavy atom. The summed E-state index contributed by atoms with van der Waals surface area (Å²) in [6.45, 7) is 3.28. The molecule has 2 rings (SSSR count). The molecule has 0 aromatic heterocycles. The quantitative estimate of drug-likeness (QED) is 0.437. The number of carbonyl (C=O) groups is 1. The van der Waals surface area contributed by atoms with Crippen LogP contribution in [0.3, 0.4) is 0 Å². The number of rotatable bonds is 7. The van der Waals surface area contributed by atoms with E-state index in [2.05, 4.69) is 6.92 Å². The highest BCUT2D eigenvalue weighted by Crippen LogP contribution is 2.26. The van der Waals surface area contributed by atoms with Crippen LogP contribution in [0.15, 0.2) is 24.3 Å². The molecule has 1 heterocycles. The molecule has 0 spiro atoms. The maximum atomic E-state index is 12.3. The Balaban J connectivity index is 1.79. The smallest absolute Gasteiger partial charge is 0.310 e. The van der Waals surface area contributed by atoms with Gasteiger partial charge in [0.2, 0.25) is 5.91 Å². The number of nitro benzene ring substituents is 1. The third-order valence-corrected chi connectivity index (χ3v) is 4.27.